The summed E-state index contributed by atoms with van der Waals surface area (Å²) < 4.78 is 0. The van der Waals surface area contributed by atoms with Crippen molar-refractivity contribution in [3.05, 3.63) is 33.8 Å². The highest BCUT2D eigenvalue weighted by Crippen LogP contribution is 2.50. The summed E-state index contributed by atoms with van der Waals surface area (Å²) in [5.74, 6) is 0.749. The van der Waals surface area contributed by atoms with Crippen molar-refractivity contribution in [3.63, 3.8) is 0 Å². The van der Waals surface area contributed by atoms with Crippen LogP contribution in [-0.4, -0.2) is 18.5 Å². The molecular formula is C16H22Cl2N2O. The van der Waals surface area contributed by atoms with Gasteiger partial charge in [0.05, 0.1) is 10.0 Å². The van der Waals surface area contributed by atoms with Crippen LogP contribution in [0.1, 0.15) is 38.2 Å². The average molecular weight is 329 g/mol. The van der Waals surface area contributed by atoms with E-state index in [0.29, 0.717) is 22.5 Å². The van der Waals surface area contributed by atoms with E-state index < -0.39 is 0 Å². The predicted octanol–water partition coefficient (Wildman–Crippen LogP) is 3.59. The normalized spacial score (nSPS) is 22.2. The summed E-state index contributed by atoms with van der Waals surface area (Å²) in [5.41, 5.74) is 6.70. The topological polar surface area (TPSA) is 55.1 Å². The lowest BCUT2D eigenvalue weighted by atomic mass is 10.0. The van der Waals surface area contributed by atoms with Gasteiger partial charge in [-0.25, -0.2) is 0 Å². The van der Waals surface area contributed by atoms with Crippen molar-refractivity contribution < 1.29 is 4.79 Å². The molecule has 0 aromatic heterocycles. The molecular weight excluding hydrogens is 307 g/mol. The fourth-order valence-electron chi connectivity index (χ4n) is 2.73. The van der Waals surface area contributed by atoms with Crippen LogP contribution in [-0.2, 0) is 4.79 Å². The first-order chi connectivity index (χ1) is 9.93. The highest BCUT2D eigenvalue weighted by Gasteiger charge is 2.45. The summed E-state index contributed by atoms with van der Waals surface area (Å²) in [7, 11) is 0. The molecule has 1 fully saturated rings. The van der Waals surface area contributed by atoms with E-state index in [1.807, 2.05) is 12.1 Å². The van der Waals surface area contributed by atoms with Crippen molar-refractivity contribution >= 4 is 29.1 Å². The summed E-state index contributed by atoms with van der Waals surface area (Å²) >= 11 is 12.2. The first-order valence-electron chi connectivity index (χ1n) is 7.38. The summed E-state index contributed by atoms with van der Waals surface area (Å²) in [4.78, 5) is 12.3. The Kier molecular flexibility index (Phi) is 5.53. The number of rotatable bonds is 6. The maximum Gasteiger partial charge on any atom is 0.224 e. The van der Waals surface area contributed by atoms with Crippen LogP contribution in [0.3, 0.4) is 0 Å². The third-order valence-electron chi connectivity index (χ3n) is 3.89. The number of nitrogens with two attached hydrogens (primary N) is 1. The number of carbonyl (C=O) groups excluding carboxylic acids is 1. The molecule has 0 aliphatic heterocycles. The van der Waals surface area contributed by atoms with Gasteiger partial charge in [0.25, 0.3) is 0 Å². The molecule has 0 radical (unpaired) electrons. The SMILES string of the molecule is CC(C)CC(CN)NC(=O)C1CC1c1cccc(Cl)c1Cl. The van der Waals surface area contributed by atoms with E-state index in [-0.39, 0.29) is 23.8 Å². The minimum atomic E-state index is -0.0119. The van der Waals surface area contributed by atoms with Gasteiger partial charge in [-0.1, -0.05) is 49.2 Å². The van der Waals surface area contributed by atoms with Crippen LogP contribution < -0.4 is 11.1 Å². The van der Waals surface area contributed by atoms with Gasteiger partial charge in [-0.05, 0) is 36.3 Å². The van der Waals surface area contributed by atoms with Crippen molar-refractivity contribution in [2.75, 3.05) is 6.54 Å². The number of benzene rings is 1. The van der Waals surface area contributed by atoms with E-state index in [9.17, 15) is 4.79 Å². The monoisotopic (exact) mass is 328 g/mol. The Labute approximate surface area is 136 Å². The first-order valence-corrected chi connectivity index (χ1v) is 8.14. The second kappa shape index (κ2) is 6.99. The van der Waals surface area contributed by atoms with Gasteiger partial charge >= 0.3 is 0 Å². The minimum absolute atomic E-state index is 0.0119. The van der Waals surface area contributed by atoms with E-state index >= 15 is 0 Å². The van der Waals surface area contributed by atoms with Crippen LogP contribution in [0, 0.1) is 11.8 Å². The number of nitrogens with one attached hydrogen (secondary N) is 1. The molecule has 116 valence electrons. The number of hydrogen-bond acceptors (Lipinski definition) is 2. The van der Waals surface area contributed by atoms with Gasteiger partial charge in [0.2, 0.25) is 5.91 Å². The van der Waals surface area contributed by atoms with E-state index in [4.69, 9.17) is 28.9 Å². The van der Waals surface area contributed by atoms with E-state index in [2.05, 4.69) is 19.2 Å². The van der Waals surface area contributed by atoms with Gasteiger partial charge in [0.1, 0.15) is 0 Å². The molecule has 3 atom stereocenters. The molecule has 3 unspecified atom stereocenters. The Morgan fingerprint density at radius 2 is 2.14 bits per heavy atom. The summed E-state index contributed by atoms with van der Waals surface area (Å²) in [6, 6.07) is 5.63. The molecule has 21 heavy (non-hydrogen) atoms. The first kappa shape index (κ1) is 16.6. The molecule has 1 aliphatic rings. The van der Waals surface area contributed by atoms with Crippen molar-refractivity contribution in [1.29, 1.82) is 0 Å². The Morgan fingerprint density at radius 1 is 1.43 bits per heavy atom. The van der Waals surface area contributed by atoms with Crippen LogP contribution in [0.4, 0.5) is 0 Å². The summed E-state index contributed by atoms with van der Waals surface area (Å²) in [6.07, 6.45) is 1.72. The fraction of sp³-hybridized carbons (Fsp3) is 0.562. The lowest BCUT2D eigenvalue weighted by Crippen LogP contribution is -2.41. The lowest BCUT2D eigenvalue weighted by Gasteiger charge is -2.19. The summed E-state index contributed by atoms with van der Waals surface area (Å²) in [6.45, 7) is 4.72. The van der Waals surface area contributed by atoms with E-state index in [0.717, 1.165) is 18.4 Å². The minimum Gasteiger partial charge on any atom is -0.352 e. The van der Waals surface area contributed by atoms with Crippen LogP contribution >= 0.6 is 23.2 Å². The van der Waals surface area contributed by atoms with Gasteiger partial charge < -0.3 is 11.1 Å². The predicted molar refractivity (Wildman–Crippen MR) is 87.8 cm³/mol. The van der Waals surface area contributed by atoms with Crippen LogP contribution in [0.25, 0.3) is 0 Å². The lowest BCUT2D eigenvalue weighted by molar-refractivity contribution is -0.123. The van der Waals surface area contributed by atoms with E-state index in [1.165, 1.54) is 0 Å². The molecule has 1 aromatic rings. The maximum atomic E-state index is 12.3. The molecule has 0 saturated heterocycles. The molecule has 1 amide bonds. The second-order valence-corrected chi connectivity index (χ2v) is 6.95. The molecule has 1 saturated carbocycles. The molecule has 1 aromatic carbocycles. The van der Waals surface area contributed by atoms with Crippen molar-refractivity contribution in [3.8, 4) is 0 Å². The highest BCUT2D eigenvalue weighted by molar-refractivity contribution is 6.42. The molecule has 0 bridgehead atoms. The van der Waals surface area contributed by atoms with Crippen molar-refractivity contribution in [2.45, 2.75) is 38.6 Å². The van der Waals surface area contributed by atoms with Crippen LogP contribution in [0.5, 0.6) is 0 Å². The molecule has 0 spiro atoms. The Morgan fingerprint density at radius 3 is 2.76 bits per heavy atom. The van der Waals surface area contributed by atoms with Crippen molar-refractivity contribution in [2.24, 2.45) is 17.6 Å². The molecule has 3 nitrogen and oxygen atoms in total. The third kappa shape index (κ3) is 4.12. The zero-order valence-electron chi connectivity index (χ0n) is 12.4. The molecule has 5 heteroatoms. The smallest absolute Gasteiger partial charge is 0.224 e. The number of amides is 1. The van der Waals surface area contributed by atoms with Crippen LogP contribution in [0.2, 0.25) is 10.0 Å². The van der Waals surface area contributed by atoms with Crippen molar-refractivity contribution in [1.82, 2.24) is 5.32 Å². The third-order valence-corrected chi connectivity index (χ3v) is 4.73. The number of hydrogen-bond donors (Lipinski definition) is 2. The van der Waals surface area contributed by atoms with Gasteiger partial charge in [0.15, 0.2) is 0 Å². The quantitative estimate of drug-likeness (QED) is 0.838. The maximum absolute atomic E-state index is 12.3. The average Bonchev–Trinajstić information content (AvgIpc) is 3.20. The standard InChI is InChI=1S/C16H22Cl2N2O/c1-9(2)6-10(8-19)20-16(21)13-7-12(13)11-4-3-5-14(17)15(11)18/h3-5,9-10,12-13H,6-8,19H2,1-2H3,(H,20,21). The summed E-state index contributed by atoms with van der Waals surface area (Å²) in [5, 5.41) is 4.16. The molecule has 2 rings (SSSR count). The van der Waals surface area contributed by atoms with Gasteiger partial charge in [-0.3, -0.25) is 4.79 Å². The van der Waals surface area contributed by atoms with Gasteiger partial charge in [-0.2, -0.15) is 0 Å². The van der Waals surface area contributed by atoms with E-state index in [1.54, 1.807) is 6.07 Å². The zero-order chi connectivity index (χ0) is 15.6. The molecule has 1 aliphatic carbocycles. The molecule has 3 N–H and O–H groups in total. The number of halogens is 2. The fourth-order valence-corrected chi connectivity index (χ4v) is 3.17. The van der Waals surface area contributed by atoms with Crippen LogP contribution in [0.15, 0.2) is 18.2 Å². The largest absolute Gasteiger partial charge is 0.352 e. The molecule has 0 heterocycles. The van der Waals surface area contributed by atoms with Gasteiger partial charge in [-0.15, -0.1) is 0 Å². The zero-order valence-corrected chi connectivity index (χ0v) is 13.9. The Balaban J connectivity index is 1.96. The Bertz CT molecular complexity index is 519. The Hall–Kier alpha value is -0.770. The number of carbonyl (C=O) groups is 1. The second-order valence-electron chi connectivity index (χ2n) is 6.16. The highest BCUT2D eigenvalue weighted by atomic mass is 35.5. The van der Waals surface area contributed by atoms with Gasteiger partial charge in [0, 0.05) is 18.5 Å².